The molecule has 16 heavy (non-hydrogen) atoms. The van der Waals surface area contributed by atoms with Crippen molar-refractivity contribution in [3.63, 3.8) is 0 Å². The summed E-state index contributed by atoms with van der Waals surface area (Å²) in [5, 5.41) is 0.854. The zero-order valence-corrected chi connectivity index (χ0v) is 9.48. The Labute approximate surface area is 97.1 Å². The summed E-state index contributed by atoms with van der Waals surface area (Å²) in [6, 6.07) is 3.86. The molecular weight excluding hydrogens is 232 g/mol. The predicted molar refractivity (Wildman–Crippen MR) is 60.7 cm³/mol. The van der Waals surface area contributed by atoms with E-state index in [1.54, 1.807) is 6.07 Å². The van der Waals surface area contributed by atoms with Crippen LogP contribution in [0.2, 0.25) is 5.02 Å². The molecule has 0 bridgehead atoms. The number of hydrogen-bond donors (Lipinski definition) is 0. The van der Waals surface area contributed by atoms with E-state index in [9.17, 15) is 8.78 Å². The summed E-state index contributed by atoms with van der Waals surface area (Å²) in [5.41, 5.74) is 1.20. The molecule has 0 aliphatic rings. The van der Waals surface area contributed by atoms with Gasteiger partial charge in [-0.25, -0.2) is 8.78 Å². The van der Waals surface area contributed by atoms with E-state index in [4.69, 9.17) is 11.6 Å². The van der Waals surface area contributed by atoms with Gasteiger partial charge in [0.05, 0.1) is 10.5 Å². The highest BCUT2D eigenvalue weighted by Gasteiger charge is 2.09. The van der Waals surface area contributed by atoms with E-state index in [0.717, 1.165) is 30.7 Å². The zero-order valence-electron chi connectivity index (χ0n) is 8.73. The first kappa shape index (κ1) is 11.3. The Hall–Kier alpha value is -1.22. The zero-order chi connectivity index (χ0) is 11.7. The Bertz CT molecular complexity index is 540. The van der Waals surface area contributed by atoms with E-state index in [2.05, 4.69) is 4.98 Å². The van der Waals surface area contributed by atoms with Crippen molar-refractivity contribution < 1.29 is 8.78 Å². The van der Waals surface area contributed by atoms with E-state index in [1.807, 2.05) is 6.92 Å². The van der Waals surface area contributed by atoms with Crippen LogP contribution in [0.1, 0.15) is 19.0 Å². The molecule has 0 saturated heterocycles. The van der Waals surface area contributed by atoms with Crippen LogP contribution in [0, 0.1) is 11.6 Å². The van der Waals surface area contributed by atoms with Crippen LogP contribution >= 0.6 is 11.6 Å². The summed E-state index contributed by atoms with van der Waals surface area (Å²) in [6.07, 6.45) is 1.70. The summed E-state index contributed by atoms with van der Waals surface area (Å²) in [6.45, 7) is 2.02. The van der Waals surface area contributed by atoms with Crippen molar-refractivity contribution in [2.75, 3.05) is 0 Å². The Morgan fingerprint density at radius 2 is 1.88 bits per heavy atom. The molecule has 0 fully saturated rings. The minimum absolute atomic E-state index is 0.398. The number of pyridine rings is 1. The SMILES string of the molecule is CCCc1cc(Cl)c2cc(F)c(F)cc2n1. The maximum absolute atomic E-state index is 13.0. The van der Waals surface area contributed by atoms with Crippen molar-refractivity contribution in [1.29, 1.82) is 0 Å². The van der Waals surface area contributed by atoms with Gasteiger partial charge in [0.1, 0.15) is 0 Å². The Kier molecular flexibility index (Phi) is 3.06. The fourth-order valence-corrected chi connectivity index (χ4v) is 1.89. The topological polar surface area (TPSA) is 12.9 Å². The second-order valence-electron chi connectivity index (χ2n) is 3.63. The number of nitrogens with zero attached hydrogens (tertiary/aromatic N) is 1. The number of rotatable bonds is 2. The van der Waals surface area contributed by atoms with Crippen LogP contribution in [0.5, 0.6) is 0 Å². The first-order valence-electron chi connectivity index (χ1n) is 5.06. The molecule has 0 radical (unpaired) electrons. The largest absolute Gasteiger partial charge is 0.253 e. The molecule has 0 amide bonds. The fraction of sp³-hybridized carbons (Fsp3) is 0.250. The average molecular weight is 242 g/mol. The van der Waals surface area contributed by atoms with Crippen LogP contribution in [0.15, 0.2) is 18.2 Å². The van der Waals surface area contributed by atoms with Gasteiger partial charge in [-0.05, 0) is 18.6 Å². The van der Waals surface area contributed by atoms with Gasteiger partial charge in [-0.3, -0.25) is 4.98 Å². The van der Waals surface area contributed by atoms with Gasteiger partial charge >= 0.3 is 0 Å². The van der Waals surface area contributed by atoms with E-state index in [-0.39, 0.29) is 0 Å². The fourth-order valence-electron chi connectivity index (χ4n) is 1.62. The van der Waals surface area contributed by atoms with Crippen molar-refractivity contribution in [3.05, 3.63) is 40.6 Å². The summed E-state index contributed by atoms with van der Waals surface area (Å²) in [7, 11) is 0. The second-order valence-corrected chi connectivity index (χ2v) is 4.04. The molecule has 4 heteroatoms. The number of aryl methyl sites for hydroxylation is 1. The van der Waals surface area contributed by atoms with Gasteiger partial charge in [0.15, 0.2) is 11.6 Å². The van der Waals surface area contributed by atoms with Crippen LogP contribution in [0.4, 0.5) is 8.78 Å². The normalized spacial score (nSPS) is 11.0. The monoisotopic (exact) mass is 241 g/mol. The third-order valence-electron chi connectivity index (χ3n) is 2.36. The number of halogens is 3. The Morgan fingerprint density at radius 3 is 2.56 bits per heavy atom. The minimum Gasteiger partial charge on any atom is -0.253 e. The van der Waals surface area contributed by atoms with Crippen LogP contribution in [-0.4, -0.2) is 4.98 Å². The van der Waals surface area contributed by atoms with Gasteiger partial charge in [0, 0.05) is 17.1 Å². The van der Waals surface area contributed by atoms with Crippen LogP contribution in [0.25, 0.3) is 10.9 Å². The molecule has 0 N–H and O–H groups in total. The molecule has 0 unspecified atom stereocenters. The number of aromatic nitrogens is 1. The summed E-state index contributed by atoms with van der Waals surface area (Å²) >= 11 is 5.99. The van der Waals surface area contributed by atoms with Crippen molar-refractivity contribution in [2.24, 2.45) is 0 Å². The van der Waals surface area contributed by atoms with E-state index in [0.29, 0.717) is 15.9 Å². The first-order chi connectivity index (χ1) is 7.61. The van der Waals surface area contributed by atoms with Gasteiger partial charge in [-0.15, -0.1) is 0 Å². The highest BCUT2D eigenvalue weighted by molar-refractivity contribution is 6.35. The van der Waals surface area contributed by atoms with Gasteiger partial charge in [-0.2, -0.15) is 0 Å². The number of fused-ring (bicyclic) bond motifs is 1. The molecule has 0 saturated carbocycles. The molecule has 2 rings (SSSR count). The molecule has 1 aromatic carbocycles. The number of benzene rings is 1. The van der Waals surface area contributed by atoms with Gasteiger partial charge in [-0.1, -0.05) is 24.9 Å². The summed E-state index contributed by atoms with van der Waals surface area (Å²) in [4.78, 5) is 4.24. The lowest BCUT2D eigenvalue weighted by molar-refractivity contribution is 0.510. The molecule has 2 aromatic rings. The molecule has 0 atom stereocenters. The summed E-state index contributed by atoms with van der Waals surface area (Å²) in [5.74, 6) is -1.80. The third-order valence-corrected chi connectivity index (χ3v) is 2.67. The molecular formula is C12H10ClF2N. The maximum Gasteiger partial charge on any atom is 0.161 e. The third kappa shape index (κ3) is 2.00. The average Bonchev–Trinajstić information content (AvgIpc) is 2.22. The highest BCUT2D eigenvalue weighted by Crippen LogP contribution is 2.25. The van der Waals surface area contributed by atoms with E-state index < -0.39 is 11.6 Å². The lowest BCUT2D eigenvalue weighted by Gasteiger charge is -2.05. The molecule has 0 aliphatic carbocycles. The van der Waals surface area contributed by atoms with Crippen molar-refractivity contribution in [3.8, 4) is 0 Å². The number of hydrogen-bond acceptors (Lipinski definition) is 1. The lowest BCUT2D eigenvalue weighted by atomic mass is 10.1. The van der Waals surface area contributed by atoms with Crippen molar-refractivity contribution in [2.45, 2.75) is 19.8 Å². The molecule has 0 spiro atoms. The van der Waals surface area contributed by atoms with E-state index in [1.165, 1.54) is 0 Å². The van der Waals surface area contributed by atoms with Crippen LogP contribution in [-0.2, 0) is 6.42 Å². The molecule has 84 valence electrons. The predicted octanol–water partition coefficient (Wildman–Crippen LogP) is 4.12. The van der Waals surface area contributed by atoms with Crippen molar-refractivity contribution in [1.82, 2.24) is 4.98 Å². The van der Waals surface area contributed by atoms with Gasteiger partial charge in [0.25, 0.3) is 0 Å². The second kappa shape index (κ2) is 4.34. The molecule has 1 aromatic heterocycles. The molecule has 0 aliphatic heterocycles. The van der Waals surface area contributed by atoms with Crippen LogP contribution in [0.3, 0.4) is 0 Å². The van der Waals surface area contributed by atoms with Gasteiger partial charge < -0.3 is 0 Å². The molecule has 1 nitrogen and oxygen atoms in total. The highest BCUT2D eigenvalue weighted by atomic mass is 35.5. The molecule has 1 heterocycles. The maximum atomic E-state index is 13.0. The van der Waals surface area contributed by atoms with E-state index >= 15 is 0 Å². The quantitative estimate of drug-likeness (QED) is 0.771. The van der Waals surface area contributed by atoms with Crippen molar-refractivity contribution >= 4 is 22.5 Å². The minimum atomic E-state index is -0.903. The Balaban J connectivity index is 2.67. The Morgan fingerprint density at radius 1 is 1.19 bits per heavy atom. The smallest absolute Gasteiger partial charge is 0.161 e. The lowest BCUT2D eigenvalue weighted by Crippen LogP contribution is -1.93. The van der Waals surface area contributed by atoms with Gasteiger partial charge in [0.2, 0.25) is 0 Å². The van der Waals surface area contributed by atoms with Crippen LogP contribution < -0.4 is 0 Å². The first-order valence-corrected chi connectivity index (χ1v) is 5.43. The summed E-state index contributed by atoms with van der Waals surface area (Å²) < 4.78 is 26.1. The standard InChI is InChI=1S/C12H10ClF2N/c1-2-3-7-4-9(13)8-5-10(14)11(15)6-12(8)16-7/h4-6H,2-3H2,1H3.